The van der Waals surface area contributed by atoms with Gasteiger partial charge in [-0.1, -0.05) is 0 Å². The molecular formula is C25H29F4N5O5. The molecule has 10 nitrogen and oxygen atoms in total. The number of aliphatic hydroxyl groups is 2. The highest BCUT2D eigenvalue weighted by Crippen LogP contribution is 2.50. The Kier molecular flexibility index (Phi) is 6.82. The number of likely N-dealkylation sites (tertiary alicyclic amines) is 1. The minimum atomic E-state index is -4.87. The number of nitrogens with zero attached hydrogens (tertiary/aromatic N) is 3. The summed E-state index contributed by atoms with van der Waals surface area (Å²) in [6.45, 7) is 0.268. The molecule has 0 radical (unpaired) electrons. The number of piperidine rings is 1. The first-order valence-electron chi connectivity index (χ1n) is 12.7. The van der Waals surface area contributed by atoms with E-state index >= 15 is 0 Å². The lowest BCUT2D eigenvalue weighted by Gasteiger charge is -2.42. The second-order valence-electron chi connectivity index (χ2n) is 10.7. The number of ether oxygens (including phenoxy) is 1. The predicted molar refractivity (Wildman–Crippen MR) is 127 cm³/mol. The van der Waals surface area contributed by atoms with Crippen LogP contribution in [0.15, 0.2) is 18.3 Å². The van der Waals surface area contributed by atoms with Crippen molar-refractivity contribution in [2.45, 2.75) is 74.4 Å². The number of methoxy groups -OCH3 is 1. The van der Waals surface area contributed by atoms with Crippen LogP contribution in [-0.2, 0) is 4.79 Å². The highest BCUT2D eigenvalue weighted by atomic mass is 19.4. The van der Waals surface area contributed by atoms with Crippen LogP contribution in [0.1, 0.15) is 55.4 Å². The van der Waals surface area contributed by atoms with Crippen molar-refractivity contribution in [3.63, 3.8) is 0 Å². The molecule has 3 aliphatic rings. The smallest absolute Gasteiger partial charge is 0.417 e. The van der Waals surface area contributed by atoms with E-state index in [1.165, 1.54) is 19.2 Å². The van der Waals surface area contributed by atoms with Crippen molar-refractivity contribution in [1.29, 1.82) is 0 Å². The fourth-order valence-corrected chi connectivity index (χ4v) is 5.70. The summed E-state index contributed by atoms with van der Waals surface area (Å²) in [4.78, 5) is 31.8. The molecule has 4 atom stereocenters. The molecule has 3 fully saturated rings. The fraction of sp³-hybridized carbons (Fsp3) is 0.600. The Labute approximate surface area is 220 Å². The molecule has 2 amide bonds. The van der Waals surface area contributed by atoms with Crippen molar-refractivity contribution >= 4 is 11.8 Å². The number of hydrogen-bond acceptors (Lipinski definition) is 7. The Bertz CT molecular complexity index is 1270. The predicted octanol–water partition coefficient (Wildman–Crippen LogP) is 2.33. The minimum Gasteiger partial charge on any atom is -0.481 e. The number of hydrogen-bond donors (Lipinski definition) is 4. The molecule has 1 spiro atoms. The van der Waals surface area contributed by atoms with Gasteiger partial charge in [-0.3, -0.25) is 14.7 Å². The molecular weight excluding hydrogens is 526 g/mol. The Morgan fingerprint density at radius 2 is 1.95 bits per heavy atom. The molecule has 2 aromatic heterocycles. The monoisotopic (exact) mass is 555 g/mol. The standard InChI is InChI=1S/C25H29F4N5O5/c1-39-20-8-14(15(26)12-30-20)17-9-18(33-32-17)22(37)34-7-3-13(10-23(34)5-6-23)21(36)31-16-2-4-24(38,11-19(16)35)25(27,28)29/h8-9,12-13,16,19,35,38H,2-7,10-11H2,1H3,(H,31,36)(H,32,33)/t13?,16-,19+,24+/m1/s1. The van der Waals surface area contributed by atoms with Crippen molar-refractivity contribution in [1.82, 2.24) is 25.4 Å². The molecule has 2 aliphatic carbocycles. The van der Waals surface area contributed by atoms with Gasteiger partial charge in [-0.15, -0.1) is 0 Å². The summed E-state index contributed by atoms with van der Waals surface area (Å²) in [5.74, 6) is -1.64. The second kappa shape index (κ2) is 9.73. The van der Waals surface area contributed by atoms with Crippen LogP contribution in [0, 0.1) is 11.7 Å². The quantitative estimate of drug-likeness (QED) is 0.415. The normalized spacial score (nSPS) is 28.3. The van der Waals surface area contributed by atoms with Gasteiger partial charge in [0.1, 0.15) is 5.69 Å². The Hall–Kier alpha value is -3.26. The molecule has 1 saturated heterocycles. The first-order chi connectivity index (χ1) is 18.4. The third-order valence-corrected chi connectivity index (χ3v) is 8.20. The topological polar surface area (TPSA) is 141 Å². The number of aromatic nitrogens is 3. The Morgan fingerprint density at radius 3 is 2.59 bits per heavy atom. The van der Waals surface area contributed by atoms with E-state index in [4.69, 9.17) is 4.74 Å². The third-order valence-electron chi connectivity index (χ3n) is 8.20. The van der Waals surface area contributed by atoms with Crippen molar-refractivity contribution < 1.29 is 42.1 Å². The SMILES string of the molecule is COc1cc(-c2cc(C(=O)N3CCC(C(=O)N[C@@H]4CC[C@@](O)(C(F)(F)F)C[C@@H]4O)CC34CC4)[nH]n2)c(F)cn1. The maximum absolute atomic E-state index is 14.3. The van der Waals surface area contributed by atoms with E-state index in [2.05, 4.69) is 20.5 Å². The van der Waals surface area contributed by atoms with Crippen molar-refractivity contribution in [3.05, 3.63) is 29.8 Å². The zero-order valence-electron chi connectivity index (χ0n) is 21.1. The number of aromatic amines is 1. The number of aliphatic hydroxyl groups excluding tert-OH is 1. The number of pyridine rings is 1. The van der Waals surface area contributed by atoms with Crippen molar-refractivity contribution in [3.8, 4) is 17.1 Å². The van der Waals surface area contributed by atoms with Crippen LogP contribution in [0.4, 0.5) is 17.6 Å². The zero-order valence-corrected chi connectivity index (χ0v) is 21.1. The summed E-state index contributed by atoms with van der Waals surface area (Å²) < 4.78 is 58.7. The van der Waals surface area contributed by atoms with Crippen LogP contribution in [0.3, 0.4) is 0 Å². The van der Waals surface area contributed by atoms with Crippen LogP contribution in [0.5, 0.6) is 5.88 Å². The molecule has 2 saturated carbocycles. The highest BCUT2D eigenvalue weighted by Gasteiger charge is 2.58. The number of carbonyl (C=O) groups excluding carboxylic acids is 2. The minimum absolute atomic E-state index is 0.118. The lowest BCUT2D eigenvalue weighted by atomic mass is 9.79. The van der Waals surface area contributed by atoms with Gasteiger partial charge in [0, 0.05) is 36.1 Å². The molecule has 14 heteroatoms. The van der Waals surface area contributed by atoms with Gasteiger partial charge in [-0.25, -0.2) is 9.37 Å². The van der Waals surface area contributed by atoms with E-state index in [1.54, 1.807) is 4.90 Å². The van der Waals surface area contributed by atoms with Crippen LogP contribution in [0.25, 0.3) is 11.3 Å². The molecule has 212 valence electrons. The Balaban J connectivity index is 1.22. The molecule has 4 N–H and O–H groups in total. The fourth-order valence-electron chi connectivity index (χ4n) is 5.70. The number of rotatable bonds is 5. The third kappa shape index (κ3) is 5.07. The van der Waals surface area contributed by atoms with E-state index in [1.807, 2.05) is 0 Å². The summed E-state index contributed by atoms with van der Waals surface area (Å²) in [6, 6.07) is 1.92. The van der Waals surface area contributed by atoms with Gasteiger partial charge in [-0.2, -0.15) is 18.3 Å². The van der Waals surface area contributed by atoms with Gasteiger partial charge < -0.3 is 25.2 Å². The van der Waals surface area contributed by atoms with Crippen LogP contribution in [-0.4, -0.2) is 85.2 Å². The van der Waals surface area contributed by atoms with E-state index in [0.29, 0.717) is 25.7 Å². The zero-order chi connectivity index (χ0) is 28.2. The maximum atomic E-state index is 14.3. The maximum Gasteiger partial charge on any atom is 0.417 e. The van der Waals surface area contributed by atoms with Gasteiger partial charge in [0.15, 0.2) is 11.4 Å². The van der Waals surface area contributed by atoms with Crippen LogP contribution >= 0.6 is 0 Å². The first kappa shape index (κ1) is 27.3. The average molecular weight is 556 g/mol. The highest BCUT2D eigenvalue weighted by molar-refractivity contribution is 5.94. The average Bonchev–Trinajstić information content (AvgIpc) is 3.46. The lowest BCUT2D eigenvalue weighted by Crippen LogP contribution is -2.58. The molecule has 0 aromatic carbocycles. The van der Waals surface area contributed by atoms with E-state index in [9.17, 15) is 37.4 Å². The van der Waals surface area contributed by atoms with E-state index < -0.39 is 54.0 Å². The number of nitrogens with one attached hydrogen (secondary N) is 2. The number of amides is 2. The molecule has 5 rings (SSSR count). The number of carbonyl (C=O) groups is 2. The molecule has 3 heterocycles. The molecule has 1 unspecified atom stereocenters. The molecule has 39 heavy (non-hydrogen) atoms. The number of alkyl halides is 3. The summed E-state index contributed by atoms with van der Waals surface area (Å²) in [5, 5.41) is 29.5. The number of halogens is 4. The summed E-state index contributed by atoms with van der Waals surface area (Å²) >= 11 is 0. The molecule has 2 aromatic rings. The van der Waals surface area contributed by atoms with E-state index in [-0.39, 0.29) is 47.6 Å². The van der Waals surface area contributed by atoms with Gasteiger partial charge in [0.25, 0.3) is 5.91 Å². The van der Waals surface area contributed by atoms with Gasteiger partial charge in [0.2, 0.25) is 11.8 Å². The first-order valence-corrected chi connectivity index (χ1v) is 12.7. The summed E-state index contributed by atoms with van der Waals surface area (Å²) in [5.41, 5.74) is -3.02. The van der Waals surface area contributed by atoms with Crippen molar-refractivity contribution in [2.24, 2.45) is 5.92 Å². The van der Waals surface area contributed by atoms with E-state index in [0.717, 1.165) is 6.20 Å². The largest absolute Gasteiger partial charge is 0.481 e. The number of H-pyrrole nitrogens is 1. The summed E-state index contributed by atoms with van der Waals surface area (Å²) in [7, 11) is 1.40. The van der Waals surface area contributed by atoms with Crippen LogP contribution in [0.2, 0.25) is 0 Å². The molecule has 0 bridgehead atoms. The Morgan fingerprint density at radius 1 is 1.21 bits per heavy atom. The summed E-state index contributed by atoms with van der Waals surface area (Å²) in [6.07, 6.45) is -5.06. The molecule has 1 aliphatic heterocycles. The second-order valence-corrected chi connectivity index (χ2v) is 10.7. The van der Waals surface area contributed by atoms with Crippen molar-refractivity contribution in [2.75, 3.05) is 13.7 Å². The lowest BCUT2D eigenvalue weighted by molar-refractivity contribution is -0.279. The van der Waals surface area contributed by atoms with Gasteiger partial charge in [0.05, 0.1) is 31.1 Å². The van der Waals surface area contributed by atoms with Gasteiger partial charge in [-0.05, 0) is 44.6 Å². The van der Waals surface area contributed by atoms with Crippen LogP contribution < -0.4 is 10.1 Å². The van der Waals surface area contributed by atoms with Gasteiger partial charge >= 0.3 is 6.18 Å².